The number of rotatable bonds is 11. The van der Waals surface area contributed by atoms with Crippen LogP contribution in [-0.4, -0.2) is 64.1 Å². The lowest BCUT2D eigenvalue weighted by atomic mass is 9.92. The van der Waals surface area contributed by atoms with E-state index in [0.717, 1.165) is 21.1 Å². The van der Waals surface area contributed by atoms with E-state index in [4.69, 9.17) is 23.7 Å². The van der Waals surface area contributed by atoms with Crippen LogP contribution in [0.25, 0.3) is 0 Å². The zero-order valence-electron chi connectivity index (χ0n) is 25.1. The van der Waals surface area contributed by atoms with E-state index >= 15 is 0 Å². The highest BCUT2D eigenvalue weighted by Gasteiger charge is 2.57. The maximum absolute atomic E-state index is 13.7. The van der Waals surface area contributed by atoms with Gasteiger partial charge < -0.3 is 23.7 Å². The highest BCUT2D eigenvalue weighted by atomic mass is 127. The van der Waals surface area contributed by atoms with Gasteiger partial charge in [0.05, 0.1) is 38.6 Å². The largest absolute Gasteiger partial charge is 0.444 e. The molecule has 230 valence electrons. The molecule has 3 aromatic carbocycles. The number of nitrogens with zero attached hydrogens (tertiary/aromatic N) is 1. The summed E-state index contributed by atoms with van der Waals surface area (Å²) in [6, 6.07) is 29.9. The maximum Gasteiger partial charge on any atom is 0.410 e. The summed E-state index contributed by atoms with van der Waals surface area (Å²) >= 11 is 2.35. The summed E-state index contributed by atoms with van der Waals surface area (Å²) in [5, 5.41) is 0. The first-order valence-electron chi connectivity index (χ1n) is 15.0. The van der Waals surface area contributed by atoms with E-state index < -0.39 is 17.8 Å². The predicted molar refractivity (Wildman–Crippen MR) is 174 cm³/mol. The van der Waals surface area contributed by atoms with Crippen LogP contribution in [0.1, 0.15) is 43.9 Å². The molecule has 0 bridgehead atoms. The third-order valence-corrected chi connectivity index (χ3v) is 8.74. The summed E-state index contributed by atoms with van der Waals surface area (Å²) < 4.78 is 33.1. The molecule has 2 saturated heterocycles. The first kappa shape index (κ1) is 31.9. The van der Waals surface area contributed by atoms with Crippen molar-refractivity contribution in [3.8, 4) is 0 Å². The molecular weight excluding hydrogens is 657 g/mol. The van der Waals surface area contributed by atoms with Crippen LogP contribution in [-0.2, 0) is 43.5 Å². The molecule has 0 N–H and O–H groups in total. The van der Waals surface area contributed by atoms with Crippen LogP contribution < -0.4 is 0 Å². The topological polar surface area (TPSA) is 66.5 Å². The summed E-state index contributed by atoms with van der Waals surface area (Å²) in [5.74, 6) is 0. The van der Waals surface area contributed by atoms with Gasteiger partial charge in [-0.2, -0.15) is 0 Å². The van der Waals surface area contributed by atoms with Gasteiger partial charge in [-0.15, -0.1) is 0 Å². The molecule has 2 heterocycles. The molecule has 7 nitrogen and oxygen atoms in total. The predicted octanol–water partition coefficient (Wildman–Crippen LogP) is 6.95. The van der Waals surface area contributed by atoms with Crippen molar-refractivity contribution in [2.75, 3.05) is 11.0 Å². The summed E-state index contributed by atoms with van der Waals surface area (Å²) in [6.45, 7) is 7.25. The molecule has 6 atom stereocenters. The van der Waals surface area contributed by atoms with Gasteiger partial charge in [-0.05, 0) is 43.9 Å². The number of halogens is 1. The van der Waals surface area contributed by atoms with E-state index in [9.17, 15) is 4.79 Å². The molecule has 0 spiro atoms. The molecule has 3 aromatic rings. The molecular formula is C35H42INO6. The minimum Gasteiger partial charge on any atom is -0.444 e. The zero-order valence-corrected chi connectivity index (χ0v) is 27.3. The van der Waals surface area contributed by atoms with Gasteiger partial charge in [0.25, 0.3) is 0 Å². The SMILES string of the molecule is CC(C)(C)OC(=O)N1C2[C@H](C[C@H]1CI)OC(COCc1ccccc1)[C@H](OCc1ccccc1)[C@@H]2OCc1ccccc1. The molecule has 0 saturated carbocycles. The number of benzene rings is 3. The van der Waals surface area contributed by atoms with Gasteiger partial charge in [-0.1, -0.05) is 114 Å². The van der Waals surface area contributed by atoms with E-state index in [1.165, 1.54) is 0 Å². The van der Waals surface area contributed by atoms with Crippen molar-refractivity contribution < 1.29 is 28.5 Å². The van der Waals surface area contributed by atoms with E-state index in [0.29, 0.717) is 32.8 Å². The van der Waals surface area contributed by atoms with Crippen molar-refractivity contribution in [2.24, 2.45) is 0 Å². The number of hydrogen-bond donors (Lipinski definition) is 0. The number of likely N-dealkylation sites (tertiary alicyclic amines) is 1. The van der Waals surface area contributed by atoms with Crippen LogP contribution in [0.5, 0.6) is 0 Å². The molecule has 5 rings (SSSR count). The summed E-state index contributed by atoms with van der Waals surface area (Å²) in [4.78, 5) is 15.6. The smallest absolute Gasteiger partial charge is 0.410 e. The molecule has 1 amide bonds. The Balaban J connectivity index is 1.45. The van der Waals surface area contributed by atoms with Crippen molar-refractivity contribution >= 4 is 28.7 Å². The molecule has 2 unspecified atom stereocenters. The zero-order chi connectivity index (χ0) is 30.2. The highest BCUT2D eigenvalue weighted by molar-refractivity contribution is 14.1. The molecule has 0 radical (unpaired) electrons. The van der Waals surface area contributed by atoms with Crippen molar-refractivity contribution in [3.05, 3.63) is 108 Å². The van der Waals surface area contributed by atoms with Crippen LogP contribution >= 0.6 is 22.6 Å². The second-order valence-corrected chi connectivity index (χ2v) is 13.0. The number of carbonyl (C=O) groups is 1. The van der Waals surface area contributed by atoms with E-state index in [-0.39, 0.29) is 30.4 Å². The van der Waals surface area contributed by atoms with Gasteiger partial charge in [0.15, 0.2) is 0 Å². The quantitative estimate of drug-likeness (QED) is 0.160. The highest BCUT2D eigenvalue weighted by Crippen LogP contribution is 2.40. The third kappa shape index (κ3) is 8.57. The van der Waals surface area contributed by atoms with Crippen molar-refractivity contribution in [1.29, 1.82) is 0 Å². The number of alkyl halides is 1. The summed E-state index contributed by atoms with van der Waals surface area (Å²) in [7, 11) is 0. The Kier molecular flexibility index (Phi) is 11.1. The lowest BCUT2D eigenvalue weighted by Crippen LogP contribution is -2.63. The summed E-state index contributed by atoms with van der Waals surface area (Å²) in [5.41, 5.74) is 2.57. The Bertz CT molecular complexity index is 1270. The van der Waals surface area contributed by atoms with Crippen LogP contribution in [0.4, 0.5) is 4.79 Å². The van der Waals surface area contributed by atoms with Gasteiger partial charge in [-0.3, -0.25) is 4.90 Å². The van der Waals surface area contributed by atoms with Crippen LogP contribution in [0.2, 0.25) is 0 Å². The van der Waals surface area contributed by atoms with Crippen molar-refractivity contribution in [2.45, 2.75) is 89.1 Å². The van der Waals surface area contributed by atoms with Gasteiger partial charge in [0.2, 0.25) is 0 Å². The van der Waals surface area contributed by atoms with Gasteiger partial charge in [0.1, 0.15) is 23.9 Å². The van der Waals surface area contributed by atoms with Crippen LogP contribution in [0.3, 0.4) is 0 Å². The lowest BCUT2D eigenvalue weighted by molar-refractivity contribution is -0.234. The van der Waals surface area contributed by atoms with E-state index in [1.54, 1.807) is 0 Å². The molecule has 0 aliphatic carbocycles. The van der Waals surface area contributed by atoms with E-state index in [2.05, 4.69) is 22.6 Å². The number of fused-ring (bicyclic) bond motifs is 1. The average molecular weight is 700 g/mol. The first-order valence-corrected chi connectivity index (χ1v) is 16.5. The van der Waals surface area contributed by atoms with Crippen molar-refractivity contribution in [1.82, 2.24) is 4.90 Å². The minimum atomic E-state index is -0.627. The van der Waals surface area contributed by atoms with E-state index in [1.807, 2.05) is 117 Å². The fourth-order valence-electron chi connectivity index (χ4n) is 5.81. The monoisotopic (exact) mass is 699 g/mol. The fraction of sp³-hybridized carbons (Fsp3) is 0.457. The second kappa shape index (κ2) is 15.0. The third-order valence-electron chi connectivity index (χ3n) is 7.72. The second-order valence-electron chi connectivity index (χ2n) is 12.2. The number of ether oxygens (including phenoxy) is 5. The Labute approximate surface area is 268 Å². The minimum absolute atomic E-state index is 0.0490. The molecule has 2 aliphatic heterocycles. The lowest BCUT2D eigenvalue weighted by Gasteiger charge is -2.46. The Hall–Kier alpha value is -2.50. The van der Waals surface area contributed by atoms with Crippen LogP contribution in [0, 0.1) is 0 Å². The molecule has 43 heavy (non-hydrogen) atoms. The van der Waals surface area contributed by atoms with Gasteiger partial charge in [-0.25, -0.2) is 4.79 Å². The molecule has 2 fully saturated rings. The number of carbonyl (C=O) groups excluding carboxylic acids is 1. The Morgan fingerprint density at radius 3 is 1.84 bits per heavy atom. The Morgan fingerprint density at radius 1 is 0.814 bits per heavy atom. The first-order chi connectivity index (χ1) is 20.8. The molecule has 8 heteroatoms. The van der Waals surface area contributed by atoms with Gasteiger partial charge in [0, 0.05) is 10.5 Å². The van der Waals surface area contributed by atoms with Gasteiger partial charge >= 0.3 is 6.09 Å². The standard InChI is InChI=1S/C35H42INO6/c1-35(2,3)43-34(38)37-28(20-36)19-29-31(37)33(41-23-27-17-11-6-12-18-27)32(40-22-26-15-9-5-10-16-26)30(42-29)24-39-21-25-13-7-4-8-14-25/h4-18,28-33H,19-24H2,1-3H3/t28-,29-,30?,31?,32-,33+/m0/s1. The molecule has 0 aromatic heterocycles. The van der Waals surface area contributed by atoms with Crippen molar-refractivity contribution in [3.63, 3.8) is 0 Å². The Morgan fingerprint density at radius 2 is 1.33 bits per heavy atom. The average Bonchev–Trinajstić information content (AvgIpc) is 3.38. The normalized spacial score (nSPS) is 25.3. The summed E-state index contributed by atoms with van der Waals surface area (Å²) in [6.07, 6.45) is -1.23. The number of hydrogen-bond acceptors (Lipinski definition) is 6. The van der Waals surface area contributed by atoms with Crippen LogP contribution in [0.15, 0.2) is 91.0 Å². The molecule has 2 aliphatic rings. The number of amides is 1. The maximum atomic E-state index is 13.7. The fourth-order valence-corrected chi connectivity index (χ4v) is 6.59.